The molecule has 0 aliphatic rings. The molecule has 3 rings (SSSR count). The zero-order chi connectivity index (χ0) is 29.4. The van der Waals surface area contributed by atoms with Crippen LogP contribution in [-0.2, 0) is 26.2 Å². The number of aryl methyl sites for hydroxylation is 2. The van der Waals surface area contributed by atoms with Crippen molar-refractivity contribution in [3.63, 3.8) is 0 Å². The quantitative estimate of drug-likeness (QED) is 0.319. The molecule has 40 heavy (non-hydrogen) atoms. The van der Waals surface area contributed by atoms with E-state index in [1.807, 2.05) is 45.0 Å². The third-order valence-corrected chi connectivity index (χ3v) is 8.48. The molecule has 0 heterocycles. The molecule has 1 atom stereocenters. The molecule has 0 bridgehead atoms. The van der Waals surface area contributed by atoms with Gasteiger partial charge in [-0.25, -0.2) is 8.42 Å². The van der Waals surface area contributed by atoms with E-state index in [0.29, 0.717) is 13.0 Å². The van der Waals surface area contributed by atoms with Crippen LogP contribution >= 0.6 is 11.6 Å². The highest BCUT2D eigenvalue weighted by Gasteiger charge is 2.34. The fraction of sp³-hybridized carbons (Fsp3) is 0.333. The van der Waals surface area contributed by atoms with Gasteiger partial charge in [-0.05, 0) is 63.1 Å². The lowest BCUT2D eigenvalue weighted by Gasteiger charge is -2.33. The minimum absolute atomic E-state index is 0.00827. The van der Waals surface area contributed by atoms with E-state index in [0.717, 1.165) is 21.0 Å². The molecule has 3 aromatic rings. The molecule has 8 nitrogen and oxygen atoms in total. The Morgan fingerprint density at radius 3 is 2.27 bits per heavy atom. The molecule has 3 aromatic carbocycles. The smallest absolute Gasteiger partial charge is 0.264 e. The predicted molar refractivity (Wildman–Crippen MR) is 158 cm³/mol. The summed E-state index contributed by atoms with van der Waals surface area (Å²) in [6.07, 6.45) is 0.342. The van der Waals surface area contributed by atoms with Crippen LogP contribution in [0, 0.1) is 13.8 Å². The van der Waals surface area contributed by atoms with Crippen molar-refractivity contribution in [2.24, 2.45) is 0 Å². The van der Waals surface area contributed by atoms with Crippen LogP contribution in [-0.4, -0.2) is 51.4 Å². The molecule has 0 aromatic heterocycles. The van der Waals surface area contributed by atoms with Gasteiger partial charge < -0.3 is 15.0 Å². The van der Waals surface area contributed by atoms with Gasteiger partial charge in [0.25, 0.3) is 10.0 Å². The number of rotatable bonds is 12. The second kappa shape index (κ2) is 13.7. The first-order valence-corrected chi connectivity index (χ1v) is 14.9. The van der Waals surface area contributed by atoms with Gasteiger partial charge in [-0.2, -0.15) is 0 Å². The second-order valence-corrected chi connectivity index (χ2v) is 11.8. The van der Waals surface area contributed by atoms with Crippen molar-refractivity contribution >= 4 is 39.1 Å². The number of nitrogens with zero attached hydrogens (tertiary/aromatic N) is 2. The van der Waals surface area contributed by atoms with E-state index in [-0.39, 0.29) is 33.8 Å². The molecule has 1 unspecified atom stereocenters. The molecular weight excluding hydrogens is 550 g/mol. The number of likely N-dealkylation sites (N-methyl/N-ethyl adjacent to an activating group) is 1. The number of benzene rings is 3. The number of hydrogen-bond donors (Lipinski definition) is 1. The molecule has 2 amide bonds. The van der Waals surface area contributed by atoms with Gasteiger partial charge >= 0.3 is 0 Å². The number of hydrogen-bond acceptors (Lipinski definition) is 5. The van der Waals surface area contributed by atoms with E-state index in [2.05, 4.69) is 5.32 Å². The lowest BCUT2D eigenvalue weighted by atomic mass is 10.1. The summed E-state index contributed by atoms with van der Waals surface area (Å²) >= 11 is 6.28. The fourth-order valence-corrected chi connectivity index (χ4v) is 6.01. The van der Waals surface area contributed by atoms with E-state index in [4.69, 9.17) is 16.3 Å². The number of methoxy groups -OCH3 is 1. The third-order valence-electron chi connectivity index (χ3n) is 6.47. The van der Waals surface area contributed by atoms with Crippen LogP contribution in [0.4, 0.5) is 5.69 Å². The average Bonchev–Trinajstić information content (AvgIpc) is 2.91. The van der Waals surface area contributed by atoms with E-state index in [1.54, 1.807) is 31.2 Å². The van der Waals surface area contributed by atoms with E-state index in [9.17, 15) is 18.0 Å². The molecule has 0 radical (unpaired) electrons. The van der Waals surface area contributed by atoms with Crippen LogP contribution < -0.4 is 14.4 Å². The molecule has 0 saturated heterocycles. The number of halogens is 1. The Balaban J connectivity index is 2.13. The van der Waals surface area contributed by atoms with Crippen molar-refractivity contribution in [1.82, 2.24) is 10.2 Å². The van der Waals surface area contributed by atoms with Gasteiger partial charge in [0.2, 0.25) is 11.8 Å². The Morgan fingerprint density at radius 1 is 0.975 bits per heavy atom. The van der Waals surface area contributed by atoms with E-state index in [1.165, 1.54) is 30.2 Å². The maximum atomic E-state index is 14.1. The Hall–Kier alpha value is -3.56. The SMILES string of the molecule is CCNC(=O)C(CC)N(Cc1cccc(C)c1)C(=O)CN(c1cc(Cl)ccc1OC)S(=O)(=O)c1ccc(C)cc1. The van der Waals surface area contributed by atoms with Crippen LogP contribution in [0.25, 0.3) is 0 Å². The van der Waals surface area contributed by atoms with Crippen molar-refractivity contribution in [3.8, 4) is 5.75 Å². The molecule has 10 heteroatoms. The summed E-state index contributed by atoms with van der Waals surface area (Å²) in [5.74, 6) is -0.620. The van der Waals surface area contributed by atoms with Crippen molar-refractivity contribution in [1.29, 1.82) is 0 Å². The summed E-state index contributed by atoms with van der Waals surface area (Å²) in [5.41, 5.74) is 2.83. The van der Waals surface area contributed by atoms with Crippen molar-refractivity contribution in [3.05, 3.63) is 88.4 Å². The third kappa shape index (κ3) is 7.34. The standard InChI is InChI=1S/C30H36ClN3O5S/c1-6-26(30(36)32-7-2)33(19-23-10-8-9-22(4)17-23)29(35)20-34(27-18-24(31)13-16-28(27)39-5)40(37,38)25-14-11-21(3)12-15-25/h8-18,26H,6-7,19-20H2,1-5H3,(H,32,36). The van der Waals surface area contributed by atoms with E-state index >= 15 is 0 Å². The first-order valence-electron chi connectivity index (χ1n) is 13.1. The van der Waals surface area contributed by atoms with Crippen LogP contribution in [0.3, 0.4) is 0 Å². The lowest BCUT2D eigenvalue weighted by Crippen LogP contribution is -2.52. The lowest BCUT2D eigenvalue weighted by molar-refractivity contribution is -0.140. The van der Waals surface area contributed by atoms with Gasteiger partial charge in [-0.1, -0.05) is 66.0 Å². The van der Waals surface area contributed by atoms with E-state index < -0.39 is 28.5 Å². The number of carbonyl (C=O) groups excluding carboxylic acids is 2. The van der Waals surface area contributed by atoms with Gasteiger partial charge in [0.05, 0.1) is 17.7 Å². The van der Waals surface area contributed by atoms with Gasteiger partial charge in [-0.15, -0.1) is 0 Å². The molecule has 0 aliphatic carbocycles. The maximum absolute atomic E-state index is 14.1. The number of sulfonamides is 1. The summed E-state index contributed by atoms with van der Waals surface area (Å²) in [6, 6.07) is 17.8. The summed E-state index contributed by atoms with van der Waals surface area (Å²) < 4.78 is 34.5. The van der Waals surface area contributed by atoms with Crippen LogP contribution in [0.5, 0.6) is 5.75 Å². The topological polar surface area (TPSA) is 96.0 Å². The Kier molecular flexibility index (Phi) is 10.6. The molecule has 1 N–H and O–H groups in total. The predicted octanol–water partition coefficient (Wildman–Crippen LogP) is 5.10. The Bertz CT molecular complexity index is 1440. The summed E-state index contributed by atoms with van der Waals surface area (Å²) in [7, 11) is -2.83. The Labute approximate surface area is 241 Å². The average molecular weight is 586 g/mol. The summed E-state index contributed by atoms with van der Waals surface area (Å²) in [4.78, 5) is 28.6. The zero-order valence-electron chi connectivity index (χ0n) is 23.5. The number of carbonyl (C=O) groups is 2. The van der Waals surface area contributed by atoms with Crippen LogP contribution in [0.15, 0.2) is 71.6 Å². The number of nitrogens with one attached hydrogen (secondary N) is 1. The van der Waals surface area contributed by atoms with Crippen LogP contribution in [0.1, 0.15) is 37.0 Å². The van der Waals surface area contributed by atoms with Crippen LogP contribution in [0.2, 0.25) is 5.02 Å². The van der Waals surface area contributed by atoms with Gasteiger partial charge in [0.15, 0.2) is 0 Å². The van der Waals surface area contributed by atoms with Crippen molar-refractivity contribution in [2.75, 3.05) is 24.5 Å². The van der Waals surface area contributed by atoms with Crippen molar-refractivity contribution in [2.45, 2.75) is 51.6 Å². The number of ether oxygens (including phenoxy) is 1. The largest absolute Gasteiger partial charge is 0.495 e. The van der Waals surface area contributed by atoms with Gasteiger partial charge in [-0.3, -0.25) is 13.9 Å². The zero-order valence-corrected chi connectivity index (χ0v) is 25.1. The fourth-order valence-electron chi connectivity index (χ4n) is 4.43. The minimum Gasteiger partial charge on any atom is -0.495 e. The normalized spacial score (nSPS) is 11.9. The molecule has 214 valence electrons. The summed E-state index contributed by atoms with van der Waals surface area (Å²) in [6.45, 7) is 7.37. The molecule has 0 aliphatic heterocycles. The monoisotopic (exact) mass is 585 g/mol. The Morgan fingerprint density at radius 2 is 1.68 bits per heavy atom. The first kappa shape index (κ1) is 31.0. The molecule has 0 spiro atoms. The van der Waals surface area contributed by atoms with Gasteiger partial charge in [0, 0.05) is 18.1 Å². The number of anilines is 1. The first-order chi connectivity index (χ1) is 19.0. The molecular formula is C30H36ClN3O5S. The second-order valence-electron chi connectivity index (χ2n) is 9.47. The molecule has 0 fully saturated rings. The highest BCUT2D eigenvalue weighted by Crippen LogP contribution is 2.35. The van der Waals surface area contributed by atoms with Crippen molar-refractivity contribution < 1.29 is 22.7 Å². The minimum atomic E-state index is -4.24. The number of amides is 2. The molecule has 0 saturated carbocycles. The summed E-state index contributed by atoms with van der Waals surface area (Å²) in [5, 5.41) is 3.07. The highest BCUT2D eigenvalue weighted by atomic mass is 35.5. The maximum Gasteiger partial charge on any atom is 0.264 e. The van der Waals surface area contributed by atoms with Gasteiger partial charge in [0.1, 0.15) is 18.3 Å². The highest BCUT2D eigenvalue weighted by molar-refractivity contribution is 7.92.